The SMILES string of the molecule is CCOc1ccc(CN(C)C(=O)c2ccccc2S(=O)(=O)N2CCCCC2)cc1. The smallest absolute Gasteiger partial charge is 0.255 e. The number of carbonyl (C=O) groups excluding carboxylic acids is 1. The normalized spacial score (nSPS) is 15.1. The molecule has 0 spiro atoms. The third-order valence-corrected chi connectivity index (χ3v) is 7.01. The zero-order chi connectivity index (χ0) is 20.9. The summed E-state index contributed by atoms with van der Waals surface area (Å²) in [7, 11) is -2.00. The number of hydrogen-bond donors (Lipinski definition) is 0. The van der Waals surface area contributed by atoms with Crippen LogP contribution in [0, 0.1) is 0 Å². The molecule has 0 aliphatic carbocycles. The second-order valence-corrected chi connectivity index (χ2v) is 9.11. The Kier molecular flexibility index (Phi) is 6.92. The first-order valence-corrected chi connectivity index (χ1v) is 11.4. The summed E-state index contributed by atoms with van der Waals surface area (Å²) in [6.45, 7) is 3.92. The number of rotatable bonds is 7. The maximum Gasteiger partial charge on any atom is 0.255 e. The van der Waals surface area contributed by atoms with Crippen molar-refractivity contribution in [1.82, 2.24) is 9.21 Å². The molecule has 1 aliphatic rings. The number of nitrogens with zero attached hydrogens (tertiary/aromatic N) is 2. The molecule has 0 N–H and O–H groups in total. The quantitative estimate of drug-likeness (QED) is 0.693. The number of sulfonamides is 1. The molecule has 6 nitrogen and oxygen atoms in total. The van der Waals surface area contributed by atoms with Crippen LogP contribution in [0.25, 0.3) is 0 Å². The first-order valence-electron chi connectivity index (χ1n) is 10.00. The van der Waals surface area contributed by atoms with Crippen LogP contribution in [0.15, 0.2) is 53.4 Å². The minimum absolute atomic E-state index is 0.0884. The van der Waals surface area contributed by atoms with E-state index in [-0.39, 0.29) is 16.4 Å². The van der Waals surface area contributed by atoms with E-state index in [0.29, 0.717) is 26.2 Å². The van der Waals surface area contributed by atoms with Crippen LogP contribution in [-0.4, -0.2) is 50.3 Å². The summed E-state index contributed by atoms with van der Waals surface area (Å²) in [4.78, 5) is 14.7. The molecule has 156 valence electrons. The Morgan fingerprint density at radius 2 is 1.69 bits per heavy atom. The Hall–Kier alpha value is -2.38. The van der Waals surface area contributed by atoms with E-state index in [1.54, 1.807) is 30.1 Å². The van der Waals surface area contributed by atoms with Crippen LogP contribution in [0.5, 0.6) is 5.75 Å². The van der Waals surface area contributed by atoms with Crippen LogP contribution in [0.4, 0.5) is 0 Å². The molecule has 0 bridgehead atoms. The topological polar surface area (TPSA) is 66.9 Å². The van der Waals surface area contributed by atoms with Crippen molar-refractivity contribution in [2.24, 2.45) is 0 Å². The van der Waals surface area contributed by atoms with Crippen LogP contribution >= 0.6 is 0 Å². The van der Waals surface area contributed by atoms with Crippen molar-refractivity contribution in [2.75, 3.05) is 26.7 Å². The van der Waals surface area contributed by atoms with E-state index in [0.717, 1.165) is 30.6 Å². The van der Waals surface area contributed by atoms with Gasteiger partial charge >= 0.3 is 0 Å². The Balaban J connectivity index is 1.80. The molecule has 0 radical (unpaired) electrons. The van der Waals surface area contributed by atoms with Crippen molar-refractivity contribution in [3.8, 4) is 5.75 Å². The van der Waals surface area contributed by atoms with Crippen LogP contribution in [0.2, 0.25) is 0 Å². The molecule has 0 unspecified atom stereocenters. The summed E-state index contributed by atoms with van der Waals surface area (Å²) in [5.41, 5.74) is 1.16. The lowest BCUT2D eigenvalue weighted by atomic mass is 10.1. The van der Waals surface area contributed by atoms with Gasteiger partial charge in [-0.05, 0) is 49.6 Å². The van der Waals surface area contributed by atoms with Gasteiger partial charge in [0.1, 0.15) is 5.75 Å². The van der Waals surface area contributed by atoms with Gasteiger partial charge in [-0.25, -0.2) is 8.42 Å². The van der Waals surface area contributed by atoms with Crippen molar-refractivity contribution in [1.29, 1.82) is 0 Å². The second-order valence-electron chi connectivity index (χ2n) is 7.20. The van der Waals surface area contributed by atoms with Gasteiger partial charge in [0.05, 0.1) is 17.1 Å². The highest BCUT2D eigenvalue weighted by atomic mass is 32.2. The second kappa shape index (κ2) is 9.41. The fourth-order valence-electron chi connectivity index (χ4n) is 3.52. The molecular formula is C22H28N2O4S. The van der Waals surface area contributed by atoms with Crippen molar-refractivity contribution in [3.63, 3.8) is 0 Å². The van der Waals surface area contributed by atoms with Gasteiger partial charge in [0.25, 0.3) is 5.91 Å². The summed E-state index contributed by atoms with van der Waals surface area (Å²) < 4.78 is 33.2. The van der Waals surface area contributed by atoms with E-state index >= 15 is 0 Å². The van der Waals surface area contributed by atoms with E-state index in [1.165, 1.54) is 10.4 Å². The monoisotopic (exact) mass is 416 g/mol. The van der Waals surface area contributed by atoms with Gasteiger partial charge in [-0.2, -0.15) is 4.31 Å². The molecule has 0 atom stereocenters. The molecule has 1 saturated heterocycles. The number of ether oxygens (including phenoxy) is 1. The molecule has 2 aromatic rings. The summed E-state index contributed by atoms with van der Waals surface area (Å²) in [5, 5.41) is 0. The Bertz CT molecular complexity index is 936. The van der Waals surface area contributed by atoms with Crippen molar-refractivity contribution < 1.29 is 17.9 Å². The fourth-order valence-corrected chi connectivity index (χ4v) is 5.22. The zero-order valence-electron chi connectivity index (χ0n) is 17.0. The predicted octanol–water partition coefficient (Wildman–Crippen LogP) is 3.53. The number of hydrogen-bond acceptors (Lipinski definition) is 4. The van der Waals surface area contributed by atoms with E-state index < -0.39 is 10.0 Å². The van der Waals surface area contributed by atoms with Crippen molar-refractivity contribution in [3.05, 3.63) is 59.7 Å². The molecule has 0 aromatic heterocycles. The lowest BCUT2D eigenvalue weighted by Crippen LogP contribution is -2.37. The molecular weight excluding hydrogens is 388 g/mol. The fraction of sp³-hybridized carbons (Fsp3) is 0.409. The highest BCUT2D eigenvalue weighted by Crippen LogP contribution is 2.25. The predicted molar refractivity (Wildman–Crippen MR) is 112 cm³/mol. The lowest BCUT2D eigenvalue weighted by Gasteiger charge is -2.27. The Labute approximate surface area is 173 Å². The highest BCUT2D eigenvalue weighted by Gasteiger charge is 2.30. The average molecular weight is 417 g/mol. The first-order chi connectivity index (χ1) is 13.9. The van der Waals surface area contributed by atoms with Gasteiger partial charge in [-0.15, -0.1) is 0 Å². The summed E-state index contributed by atoms with van der Waals surface area (Å²) in [6.07, 6.45) is 2.75. The molecule has 2 aromatic carbocycles. The molecule has 7 heteroatoms. The standard InChI is InChI=1S/C22H28N2O4S/c1-3-28-19-13-11-18(12-14-19)17-23(2)22(25)20-9-5-6-10-21(20)29(26,27)24-15-7-4-8-16-24/h5-6,9-14H,3-4,7-8,15-17H2,1-2H3. The molecule has 1 heterocycles. The Morgan fingerprint density at radius 1 is 1.03 bits per heavy atom. The van der Waals surface area contributed by atoms with E-state index in [9.17, 15) is 13.2 Å². The first kappa shape index (κ1) is 21.3. The van der Waals surface area contributed by atoms with Gasteiger partial charge < -0.3 is 9.64 Å². The van der Waals surface area contributed by atoms with Crippen LogP contribution in [0.1, 0.15) is 42.1 Å². The summed E-state index contributed by atoms with van der Waals surface area (Å²) in [5.74, 6) is 0.471. The molecule has 1 aliphatic heterocycles. The van der Waals surface area contributed by atoms with E-state index in [4.69, 9.17) is 4.74 Å². The number of piperidine rings is 1. The third kappa shape index (κ3) is 4.97. The van der Waals surface area contributed by atoms with Gasteiger partial charge in [0.15, 0.2) is 0 Å². The Morgan fingerprint density at radius 3 is 2.34 bits per heavy atom. The maximum atomic E-state index is 13.1. The molecule has 29 heavy (non-hydrogen) atoms. The van der Waals surface area contributed by atoms with Crippen molar-refractivity contribution >= 4 is 15.9 Å². The third-order valence-electron chi connectivity index (χ3n) is 5.05. The molecule has 1 fully saturated rings. The van der Waals surface area contributed by atoms with Crippen LogP contribution in [0.3, 0.4) is 0 Å². The average Bonchev–Trinajstić information content (AvgIpc) is 2.75. The van der Waals surface area contributed by atoms with Crippen molar-refractivity contribution in [2.45, 2.75) is 37.6 Å². The number of amides is 1. The highest BCUT2D eigenvalue weighted by molar-refractivity contribution is 7.89. The summed E-state index contributed by atoms with van der Waals surface area (Å²) >= 11 is 0. The molecule has 3 rings (SSSR count). The number of carbonyl (C=O) groups is 1. The van der Waals surface area contributed by atoms with E-state index in [2.05, 4.69) is 0 Å². The lowest BCUT2D eigenvalue weighted by molar-refractivity contribution is 0.0781. The van der Waals surface area contributed by atoms with Gasteiger partial charge in [0, 0.05) is 26.7 Å². The van der Waals surface area contributed by atoms with Gasteiger partial charge in [-0.3, -0.25) is 4.79 Å². The summed E-state index contributed by atoms with van der Waals surface area (Å²) in [6, 6.07) is 14.0. The largest absolute Gasteiger partial charge is 0.494 e. The maximum absolute atomic E-state index is 13.1. The minimum atomic E-state index is -3.69. The molecule has 0 saturated carbocycles. The minimum Gasteiger partial charge on any atom is -0.494 e. The van der Waals surface area contributed by atoms with Crippen LogP contribution in [-0.2, 0) is 16.6 Å². The number of benzene rings is 2. The zero-order valence-corrected chi connectivity index (χ0v) is 17.8. The van der Waals surface area contributed by atoms with Gasteiger partial charge in [0.2, 0.25) is 10.0 Å². The van der Waals surface area contributed by atoms with Gasteiger partial charge in [-0.1, -0.05) is 30.7 Å². The van der Waals surface area contributed by atoms with Crippen LogP contribution < -0.4 is 4.74 Å². The molecule has 1 amide bonds. The van der Waals surface area contributed by atoms with E-state index in [1.807, 2.05) is 31.2 Å².